The third-order valence-electron chi connectivity index (χ3n) is 3.71. The van der Waals surface area contributed by atoms with E-state index < -0.39 is 0 Å². The van der Waals surface area contributed by atoms with Crippen LogP contribution in [0.1, 0.15) is 71.6 Å². The molecular formula is C15H29NO2. The van der Waals surface area contributed by atoms with Crippen molar-refractivity contribution in [2.45, 2.75) is 77.7 Å². The number of rotatable bonds is 7. The lowest BCUT2D eigenvalue weighted by Crippen LogP contribution is -2.44. The molecule has 0 N–H and O–H groups in total. The molecule has 3 heteroatoms. The quantitative estimate of drug-likeness (QED) is 0.633. The summed E-state index contributed by atoms with van der Waals surface area (Å²) in [5, 5.41) is 0. The number of nitrogens with zero attached hydrogens (tertiary/aromatic N) is 1. The average Bonchev–Trinajstić information content (AvgIpc) is 2.39. The third-order valence-corrected chi connectivity index (χ3v) is 3.71. The van der Waals surface area contributed by atoms with E-state index in [-0.39, 0.29) is 6.09 Å². The number of piperidine rings is 1. The van der Waals surface area contributed by atoms with Gasteiger partial charge in [-0.25, -0.2) is 4.79 Å². The van der Waals surface area contributed by atoms with Crippen LogP contribution in [0.15, 0.2) is 0 Å². The molecule has 0 aromatic heterocycles. The van der Waals surface area contributed by atoms with Gasteiger partial charge in [0.2, 0.25) is 0 Å². The van der Waals surface area contributed by atoms with Crippen LogP contribution >= 0.6 is 0 Å². The second-order valence-electron chi connectivity index (χ2n) is 5.31. The summed E-state index contributed by atoms with van der Waals surface area (Å²) in [6.45, 7) is 5.85. The summed E-state index contributed by atoms with van der Waals surface area (Å²) in [4.78, 5) is 14.0. The van der Waals surface area contributed by atoms with E-state index in [1.165, 1.54) is 25.7 Å². The van der Waals surface area contributed by atoms with E-state index in [0.717, 1.165) is 38.6 Å². The molecule has 0 bridgehead atoms. The number of ether oxygens (including phenoxy) is 1. The van der Waals surface area contributed by atoms with Gasteiger partial charge in [0, 0.05) is 12.6 Å². The Morgan fingerprint density at radius 3 is 2.72 bits per heavy atom. The van der Waals surface area contributed by atoms with Crippen LogP contribution in [-0.2, 0) is 4.74 Å². The summed E-state index contributed by atoms with van der Waals surface area (Å²) in [6.07, 6.45) is 10.3. The molecule has 3 nitrogen and oxygen atoms in total. The van der Waals surface area contributed by atoms with Gasteiger partial charge in [0.05, 0.1) is 6.61 Å². The maximum Gasteiger partial charge on any atom is 0.410 e. The topological polar surface area (TPSA) is 29.5 Å². The van der Waals surface area contributed by atoms with E-state index in [0.29, 0.717) is 12.6 Å². The second kappa shape index (κ2) is 9.23. The van der Waals surface area contributed by atoms with Crippen LogP contribution in [0.3, 0.4) is 0 Å². The van der Waals surface area contributed by atoms with Crippen LogP contribution < -0.4 is 0 Å². The Morgan fingerprint density at radius 1 is 1.17 bits per heavy atom. The van der Waals surface area contributed by atoms with Crippen molar-refractivity contribution in [3.8, 4) is 0 Å². The van der Waals surface area contributed by atoms with E-state index in [1.54, 1.807) is 0 Å². The van der Waals surface area contributed by atoms with Gasteiger partial charge < -0.3 is 9.64 Å². The van der Waals surface area contributed by atoms with Crippen LogP contribution in [0, 0.1) is 0 Å². The molecule has 0 unspecified atom stereocenters. The highest BCUT2D eigenvalue weighted by molar-refractivity contribution is 5.68. The monoisotopic (exact) mass is 255 g/mol. The largest absolute Gasteiger partial charge is 0.449 e. The first kappa shape index (κ1) is 15.3. The van der Waals surface area contributed by atoms with Gasteiger partial charge >= 0.3 is 6.09 Å². The van der Waals surface area contributed by atoms with Crippen molar-refractivity contribution in [2.24, 2.45) is 0 Å². The normalized spacial score (nSPS) is 19.9. The number of carbonyl (C=O) groups excluding carboxylic acids is 1. The van der Waals surface area contributed by atoms with E-state index in [1.807, 2.05) is 4.90 Å². The Labute approximate surface area is 112 Å². The zero-order valence-corrected chi connectivity index (χ0v) is 12.1. The van der Waals surface area contributed by atoms with E-state index in [2.05, 4.69) is 13.8 Å². The third kappa shape index (κ3) is 5.28. The van der Waals surface area contributed by atoms with E-state index in [4.69, 9.17) is 4.74 Å². The number of hydrogen-bond donors (Lipinski definition) is 0. The highest BCUT2D eigenvalue weighted by Gasteiger charge is 2.26. The number of amides is 1. The molecule has 1 rings (SSSR count). The summed E-state index contributed by atoms with van der Waals surface area (Å²) in [5.74, 6) is 0. The fraction of sp³-hybridized carbons (Fsp3) is 0.933. The Morgan fingerprint density at radius 2 is 2.00 bits per heavy atom. The zero-order valence-electron chi connectivity index (χ0n) is 12.1. The highest BCUT2D eigenvalue weighted by Crippen LogP contribution is 2.21. The van der Waals surface area contributed by atoms with Gasteiger partial charge in [0.1, 0.15) is 0 Å². The summed E-state index contributed by atoms with van der Waals surface area (Å²) in [7, 11) is 0. The lowest BCUT2D eigenvalue weighted by Gasteiger charge is -2.34. The SMILES string of the molecule is CCCCCCOC(=O)N1CCCC[C@H]1CCC. The summed E-state index contributed by atoms with van der Waals surface area (Å²) in [5.41, 5.74) is 0. The van der Waals surface area contributed by atoms with Gasteiger partial charge in [-0.3, -0.25) is 0 Å². The van der Waals surface area contributed by atoms with Gasteiger partial charge in [-0.2, -0.15) is 0 Å². The van der Waals surface area contributed by atoms with Crippen LogP contribution in [0.25, 0.3) is 0 Å². The molecule has 1 aliphatic rings. The Kier molecular flexibility index (Phi) is 7.86. The molecule has 0 aliphatic carbocycles. The fourth-order valence-corrected chi connectivity index (χ4v) is 2.65. The molecule has 1 atom stereocenters. The average molecular weight is 255 g/mol. The van der Waals surface area contributed by atoms with Crippen molar-refractivity contribution in [1.29, 1.82) is 0 Å². The van der Waals surface area contributed by atoms with Crippen LogP contribution in [0.4, 0.5) is 4.79 Å². The second-order valence-corrected chi connectivity index (χ2v) is 5.31. The molecule has 1 aliphatic heterocycles. The van der Waals surface area contributed by atoms with Gasteiger partial charge in [-0.15, -0.1) is 0 Å². The molecule has 1 amide bonds. The number of hydrogen-bond acceptors (Lipinski definition) is 2. The molecule has 0 saturated carbocycles. The first-order valence-corrected chi connectivity index (χ1v) is 7.73. The van der Waals surface area contributed by atoms with Crippen LogP contribution in [-0.4, -0.2) is 30.2 Å². The van der Waals surface area contributed by atoms with Crippen LogP contribution in [0.2, 0.25) is 0 Å². The Balaban J connectivity index is 2.25. The molecular weight excluding hydrogens is 226 g/mol. The lowest BCUT2D eigenvalue weighted by atomic mass is 9.99. The summed E-state index contributed by atoms with van der Waals surface area (Å²) in [6, 6.07) is 0.423. The van der Waals surface area contributed by atoms with Crippen molar-refractivity contribution in [3.63, 3.8) is 0 Å². The van der Waals surface area contributed by atoms with Gasteiger partial charge in [-0.05, 0) is 32.1 Å². The Hall–Kier alpha value is -0.730. The molecule has 0 aromatic carbocycles. The molecule has 1 saturated heterocycles. The molecule has 106 valence electrons. The molecule has 0 aromatic rings. The minimum Gasteiger partial charge on any atom is -0.449 e. The van der Waals surface area contributed by atoms with E-state index >= 15 is 0 Å². The van der Waals surface area contributed by atoms with Crippen LogP contribution in [0.5, 0.6) is 0 Å². The molecule has 1 heterocycles. The maximum atomic E-state index is 12.0. The predicted octanol–water partition coefficient (Wildman–Crippen LogP) is 4.36. The maximum absolute atomic E-state index is 12.0. The fourth-order valence-electron chi connectivity index (χ4n) is 2.65. The predicted molar refractivity (Wildman–Crippen MR) is 74.7 cm³/mol. The summed E-state index contributed by atoms with van der Waals surface area (Å²) >= 11 is 0. The lowest BCUT2D eigenvalue weighted by molar-refractivity contribution is 0.0696. The van der Waals surface area contributed by atoms with Crippen molar-refractivity contribution >= 4 is 6.09 Å². The number of unbranched alkanes of at least 4 members (excludes halogenated alkanes) is 3. The number of carbonyl (C=O) groups is 1. The minimum atomic E-state index is -0.0790. The van der Waals surface area contributed by atoms with Gasteiger partial charge in [0.25, 0.3) is 0 Å². The Bertz CT molecular complexity index is 229. The molecule has 18 heavy (non-hydrogen) atoms. The molecule has 0 spiro atoms. The molecule has 1 fully saturated rings. The molecule has 0 radical (unpaired) electrons. The summed E-state index contributed by atoms with van der Waals surface area (Å²) < 4.78 is 5.39. The standard InChI is InChI=1S/C15H29NO2/c1-3-5-6-9-13-18-15(17)16-12-8-7-11-14(16)10-4-2/h14H,3-13H2,1-2H3/t14-/m1/s1. The minimum absolute atomic E-state index is 0.0790. The van der Waals surface area contributed by atoms with Crippen molar-refractivity contribution < 1.29 is 9.53 Å². The van der Waals surface area contributed by atoms with Crippen molar-refractivity contribution in [3.05, 3.63) is 0 Å². The van der Waals surface area contributed by atoms with Crippen molar-refractivity contribution in [1.82, 2.24) is 4.90 Å². The first-order valence-electron chi connectivity index (χ1n) is 7.73. The highest BCUT2D eigenvalue weighted by atomic mass is 16.6. The zero-order chi connectivity index (χ0) is 13.2. The van der Waals surface area contributed by atoms with E-state index in [9.17, 15) is 4.79 Å². The van der Waals surface area contributed by atoms with Gasteiger partial charge in [0.15, 0.2) is 0 Å². The van der Waals surface area contributed by atoms with Gasteiger partial charge in [-0.1, -0.05) is 39.5 Å². The smallest absolute Gasteiger partial charge is 0.410 e. The number of likely N-dealkylation sites (tertiary alicyclic amines) is 1. The first-order chi connectivity index (χ1) is 8.79. The van der Waals surface area contributed by atoms with Crippen molar-refractivity contribution in [2.75, 3.05) is 13.2 Å².